The minimum Gasteiger partial charge on any atom is -0.456 e. The second-order valence-corrected chi connectivity index (χ2v) is 14.3. The van der Waals surface area contributed by atoms with Crippen LogP contribution in [0.15, 0.2) is 180 Å². The van der Waals surface area contributed by atoms with Gasteiger partial charge in [0.1, 0.15) is 17.0 Å². The molecule has 0 N–H and O–H groups in total. The van der Waals surface area contributed by atoms with Gasteiger partial charge in [0, 0.05) is 27.8 Å². The third kappa shape index (κ3) is 5.42. The van der Waals surface area contributed by atoms with Crippen LogP contribution in [-0.4, -0.2) is 15.0 Å². The highest BCUT2D eigenvalue weighted by atomic mass is 16.3. The predicted octanol–water partition coefficient (Wildman–Crippen LogP) is 13.1. The number of allylic oxidation sites excluding steroid dienone is 1. The van der Waals surface area contributed by atoms with Crippen molar-refractivity contribution >= 4 is 49.6 Å². The van der Waals surface area contributed by atoms with E-state index in [4.69, 9.17) is 19.4 Å². The van der Waals surface area contributed by atoms with E-state index in [9.17, 15) is 0 Å². The quantitative estimate of drug-likeness (QED) is 0.179. The first-order valence-electron chi connectivity index (χ1n) is 18.8. The van der Waals surface area contributed by atoms with Crippen molar-refractivity contribution < 1.29 is 4.42 Å². The highest BCUT2D eigenvalue weighted by molar-refractivity contribution is 6.15. The van der Waals surface area contributed by atoms with Crippen molar-refractivity contribution in [1.29, 1.82) is 0 Å². The largest absolute Gasteiger partial charge is 0.456 e. The van der Waals surface area contributed by atoms with Crippen LogP contribution in [0.5, 0.6) is 0 Å². The summed E-state index contributed by atoms with van der Waals surface area (Å²) in [5, 5.41) is 6.86. The predicted molar refractivity (Wildman–Crippen MR) is 226 cm³/mol. The van der Waals surface area contributed by atoms with Gasteiger partial charge in [-0.05, 0) is 85.6 Å². The van der Waals surface area contributed by atoms with Gasteiger partial charge < -0.3 is 4.42 Å². The van der Waals surface area contributed by atoms with Crippen LogP contribution in [0.25, 0.3) is 94.6 Å². The fourth-order valence-electron chi connectivity index (χ4n) is 8.31. The van der Waals surface area contributed by atoms with Crippen LogP contribution in [-0.2, 0) is 6.42 Å². The summed E-state index contributed by atoms with van der Waals surface area (Å²) < 4.78 is 6.48. The molecule has 10 aromatic rings. The standard InChI is InChI=1S/C51H33N3O/c1-3-13-37-30-39(26-20-32(37)10-1)43-28-29-46-47(44-17-7-8-19-45(44)55-46)48(43)51-53-49(52-50(54-51)40-27-21-33-11-2-4-14-38(33)31-40)36-24-22-35(23-25-36)42-18-9-15-34-12-5-6-16-41(34)42/h1-30,40H,31H2. The summed E-state index contributed by atoms with van der Waals surface area (Å²) in [5.41, 5.74) is 10.5. The summed E-state index contributed by atoms with van der Waals surface area (Å²) in [6, 6.07) is 59.9. The molecule has 0 aliphatic heterocycles. The topological polar surface area (TPSA) is 51.8 Å². The Morgan fingerprint density at radius 3 is 2.09 bits per heavy atom. The monoisotopic (exact) mass is 703 g/mol. The minimum atomic E-state index is -0.0187. The fraction of sp³-hybridized carbons (Fsp3) is 0.0392. The third-order valence-corrected chi connectivity index (χ3v) is 11.1. The van der Waals surface area contributed by atoms with Gasteiger partial charge in [-0.15, -0.1) is 0 Å². The Balaban J connectivity index is 1.14. The third-order valence-electron chi connectivity index (χ3n) is 11.1. The van der Waals surface area contributed by atoms with Crippen LogP contribution < -0.4 is 0 Å². The summed E-state index contributed by atoms with van der Waals surface area (Å²) >= 11 is 0. The van der Waals surface area contributed by atoms with Gasteiger partial charge in [-0.25, -0.2) is 15.0 Å². The number of rotatable bonds is 5. The number of benzene rings is 8. The van der Waals surface area contributed by atoms with Crippen LogP contribution in [0.1, 0.15) is 22.9 Å². The molecule has 4 nitrogen and oxygen atoms in total. The Morgan fingerprint density at radius 1 is 0.473 bits per heavy atom. The van der Waals surface area contributed by atoms with Crippen LogP contribution in [0.4, 0.5) is 0 Å². The van der Waals surface area contributed by atoms with Gasteiger partial charge >= 0.3 is 0 Å². The number of para-hydroxylation sites is 1. The van der Waals surface area contributed by atoms with Crippen LogP contribution in [0.2, 0.25) is 0 Å². The van der Waals surface area contributed by atoms with Crippen molar-refractivity contribution in [3.05, 3.63) is 193 Å². The molecule has 0 saturated heterocycles. The van der Waals surface area contributed by atoms with Gasteiger partial charge in [0.05, 0.1) is 0 Å². The molecule has 0 radical (unpaired) electrons. The first-order chi connectivity index (χ1) is 27.2. The summed E-state index contributed by atoms with van der Waals surface area (Å²) in [6.07, 6.45) is 5.26. The van der Waals surface area contributed by atoms with Crippen molar-refractivity contribution in [2.24, 2.45) is 0 Å². The molecule has 11 rings (SSSR count). The van der Waals surface area contributed by atoms with Gasteiger partial charge in [-0.1, -0.05) is 158 Å². The van der Waals surface area contributed by atoms with E-state index in [1.807, 2.05) is 12.1 Å². The lowest BCUT2D eigenvalue weighted by atomic mass is 9.89. The van der Waals surface area contributed by atoms with E-state index in [1.54, 1.807) is 0 Å². The highest BCUT2D eigenvalue weighted by Crippen LogP contribution is 2.43. The summed E-state index contributed by atoms with van der Waals surface area (Å²) in [7, 11) is 0. The van der Waals surface area contributed by atoms with Gasteiger partial charge in [-0.3, -0.25) is 0 Å². The minimum absolute atomic E-state index is 0.0187. The molecule has 0 spiro atoms. The molecule has 2 heterocycles. The number of furan rings is 1. The Hall–Kier alpha value is -7.17. The molecule has 55 heavy (non-hydrogen) atoms. The first-order valence-corrected chi connectivity index (χ1v) is 18.8. The fourth-order valence-corrected chi connectivity index (χ4v) is 8.31. The van der Waals surface area contributed by atoms with E-state index in [0.717, 1.165) is 62.0 Å². The molecule has 8 aromatic carbocycles. The maximum absolute atomic E-state index is 6.48. The van der Waals surface area contributed by atoms with Crippen LogP contribution in [0.3, 0.4) is 0 Å². The van der Waals surface area contributed by atoms with Crippen molar-refractivity contribution in [3.63, 3.8) is 0 Å². The summed E-state index contributed by atoms with van der Waals surface area (Å²) in [5.74, 6) is 2.00. The van der Waals surface area contributed by atoms with Crippen LogP contribution >= 0.6 is 0 Å². The Bertz CT molecular complexity index is 3130. The molecular weight excluding hydrogens is 671 g/mol. The zero-order valence-electron chi connectivity index (χ0n) is 29.9. The van der Waals surface area contributed by atoms with Crippen molar-refractivity contribution in [2.45, 2.75) is 12.3 Å². The Kier molecular flexibility index (Phi) is 7.27. The molecule has 0 fully saturated rings. The van der Waals surface area contributed by atoms with Crippen molar-refractivity contribution in [3.8, 4) is 45.0 Å². The smallest absolute Gasteiger partial charge is 0.165 e. The molecular formula is C51H33N3O. The van der Waals surface area contributed by atoms with Crippen LogP contribution in [0, 0.1) is 0 Å². The van der Waals surface area contributed by atoms with Gasteiger partial charge in [-0.2, -0.15) is 0 Å². The lowest BCUT2D eigenvalue weighted by Crippen LogP contribution is -2.12. The van der Waals surface area contributed by atoms with Gasteiger partial charge in [0.25, 0.3) is 0 Å². The Morgan fingerprint density at radius 2 is 1.18 bits per heavy atom. The second kappa shape index (κ2) is 12.8. The molecule has 0 bridgehead atoms. The van der Waals surface area contributed by atoms with Crippen molar-refractivity contribution in [1.82, 2.24) is 15.0 Å². The first kappa shape index (κ1) is 31.4. The van der Waals surface area contributed by atoms with E-state index >= 15 is 0 Å². The average molecular weight is 704 g/mol. The van der Waals surface area contributed by atoms with Crippen molar-refractivity contribution in [2.75, 3.05) is 0 Å². The van der Waals surface area contributed by atoms with E-state index < -0.39 is 0 Å². The van der Waals surface area contributed by atoms with E-state index in [0.29, 0.717) is 11.6 Å². The second-order valence-electron chi connectivity index (χ2n) is 14.3. The molecule has 1 aliphatic carbocycles. The Labute approximate surface area is 318 Å². The number of hydrogen-bond donors (Lipinski definition) is 0. The zero-order valence-corrected chi connectivity index (χ0v) is 29.9. The van der Waals surface area contributed by atoms with E-state index in [1.165, 1.54) is 38.2 Å². The molecule has 2 aromatic heterocycles. The van der Waals surface area contributed by atoms with Gasteiger partial charge in [0.15, 0.2) is 11.6 Å². The van der Waals surface area contributed by atoms with Gasteiger partial charge in [0.2, 0.25) is 0 Å². The summed E-state index contributed by atoms with van der Waals surface area (Å²) in [4.78, 5) is 16.0. The number of hydrogen-bond acceptors (Lipinski definition) is 4. The van der Waals surface area contributed by atoms with E-state index in [-0.39, 0.29) is 5.92 Å². The normalized spacial score (nSPS) is 13.9. The van der Waals surface area contributed by atoms with E-state index in [2.05, 4.69) is 170 Å². The lowest BCUT2D eigenvalue weighted by molar-refractivity contribution is 0.669. The number of fused-ring (bicyclic) bond motifs is 6. The average Bonchev–Trinajstić information content (AvgIpc) is 3.64. The maximum atomic E-state index is 6.48. The molecule has 1 unspecified atom stereocenters. The summed E-state index contributed by atoms with van der Waals surface area (Å²) in [6.45, 7) is 0. The maximum Gasteiger partial charge on any atom is 0.165 e. The SMILES string of the molecule is C1=CC(c2nc(-c3ccc(-c4cccc5ccccc45)cc3)nc(-c3c(-c4ccc5ccccc5c4)ccc4oc5ccccc5c34)n2)Cc2ccccc21. The molecule has 0 amide bonds. The molecule has 4 heteroatoms. The zero-order chi connectivity index (χ0) is 36.3. The molecule has 0 saturated carbocycles. The highest BCUT2D eigenvalue weighted by Gasteiger charge is 2.25. The molecule has 258 valence electrons. The lowest BCUT2D eigenvalue weighted by Gasteiger charge is -2.20. The molecule has 1 atom stereocenters. The number of nitrogens with zero attached hydrogens (tertiary/aromatic N) is 3. The molecule has 1 aliphatic rings. The number of aromatic nitrogens is 3.